The molecule has 2 aromatic carbocycles. The van der Waals surface area contributed by atoms with E-state index in [9.17, 15) is 14.4 Å². The lowest BCUT2D eigenvalue weighted by Crippen LogP contribution is -2.53. The van der Waals surface area contributed by atoms with Crippen LogP contribution in [0.2, 0.25) is 0 Å². The van der Waals surface area contributed by atoms with Gasteiger partial charge in [0.05, 0.1) is 11.6 Å². The summed E-state index contributed by atoms with van der Waals surface area (Å²) < 4.78 is 23.7. The average molecular weight is 679 g/mol. The molecule has 2 aromatic rings. The number of epoxide rings is 1. The van der Waals surface area contributed by atoms with Gasteiger partial charge in [-0.05, 0) is 103 Å². The van der Waals surface area contributed by atoms with Crippen LogP contribution in [0.5, 0.6) is 5.75 Å². The largest absolute Gasteiger partial charge is 0.476 e. The van der Waals surface area contributed by atoms with Crippen LogP contribution in [0.25, 0.3) is 0 Å². The van der Waals surface area contributed by atoms with Crippen LogP contribution in [-0.2, 0) is 23.8 Å². The van der Waals surface area contributed by atoms with E-state index in [0.717, 1.165) is 41.0 Å². The van der Waals surface area contributed by atoms with Crippen LogP contribution in [0, 0.1) is 25.7 Å². The summed E-state index contributed by atoms with van der Waals surface area (Å²) >= 11 is 0. The van der Waals surface area contributed by atoms with Gasteiger partial charge in [-0.2, -0.15) is 0 Å². The number of nitrogens with zero attached hydrogens (tertiary/aromatic N) is 3. The lowest BCUT2D eigenvalue weighted by atomic mass is 9.86. The van der Waals surface area contributed by atoms with E-state index in [1.807, 2.05) is 75.9 Å². The van der Waals surface area contributed by atoms with Gasteiger partial charge in [0.25, 0.3) is 5.91 Å². The van der Waals surface area contributed by atoms with E-state index in [1.54, 1.807) is 25.9 Å². The van der Waals surface area contributed by atoms with Crippen LogP contribution in [0.3, 0.4) is 0 Å². The van der Waals surface area contributed by atoms with Crippen molar-refractivity contribution >= 4 is 35.0 Å². The van der Waals surface area contributed by atoms with Gasteiger partial charge in [-0.15, -0.1) is 0 Å². The van der Waals surface area contributed by atoms with E-state index in [4.69, 9.17) is 18.9 Å². The number of rotatable bonds is 10. The molecule has 1 saturated carbocycles. The maximum atomic E-state index is 13.8. The van der Waals surface area contributed by atoms with Crippen molar-refractivity contribution in [1.82, 2.24) is 4.90 Å². The Kier molecular flexibility index (Phi) is 9.63. The third kappa shape index (κ3) is 7.67. The minimum atomic E-state index is -0.968. The fraction of sp³-hybridized carbons (Fsp3) is 0.605. The quantitative estimate of drug-likeness (QED) is 0.230. The number of aryl methyl sites for hydroxylation is 2. The average Bonchev–Trinajstić information content (AvgIpc) is 3.97. The van der Waals surface area contributed by atoms with E-state index < -0.39 is 23.2 Å². The fourth-order valence-corrected chi connectivity index (χ4v) is 7.19. The van der Waals surface area contributed by atoms with Gasteiger partial charge in [-0.25, -0.2) is 4.79 Å². The van der Waals surface area contributed by atoms with E-state index in [1.165, 1.54) is 0 Å². The lowest BCUT2D eigenvalue weighted by Gasteiger charge is -2.39. The van der Waals surface area contributed by atoms with Gasteiger partial charge in [0.2, 0.25) is 5.91 Å². The van der Waals surface area contributed by atoms with Gasteiger partial charge in [-0.3, -0.25) is 9.59 Å². The van der Waals surface area contributed by atoms with Gasteiger partial charge >= 0.3 is 6.09 Å². The number of carbonyl (C=O) groups excluding carboxylic acids is 3. The second-order valence-corrected chi connectivity index (χ2v) is 15.5. The summed E-state index contributed by atoms with van der Waals surface area (Å²) in [6.07, 6.45) is 2.57. The molecular formula is C38H54N4O7. The first-order valence-corrected chi connectivity index (χ1v) is 17.6. The number of fused-ring (bicyclic) bond motifs is 1. The molecule has 0 radical (unpaired) electrons. The molecule has 2 saturated heterocycles. The Hall–Kier alpha value is -3.83. The van der Waals surface area contributed by atoms with Crippen LogP contribution >= 0.6 is 0 Å². The molecule has 11 nitrogen and oxygen atoms in total. The number of hydrogen-bond donors (Lipinski definition) is 1. The molecule has 3 fully saturated rings. The predicted octanol–water partition coefficient (Wildman–Crippen LogP) is 6.30. The summed E-state index contributed by atoms with van der Waals surface area (Å²) in [5.74, 6) is -0.0208. The molecule has 4 aliphatic rings. The summed E-state index contributed by atoms with van der Waals surface area (Å²) in [6.45, 7) is 14.9. The molecule has 4 atom stereocenters. The molecule has 6 rings (SSSR count). The zero-order chi connectivity index (χ0) is 35.2. The third-order valence-corrected chi connectivity index (χ3v) is 9.80. The number of methoxy groups -OCH3 is 1. The van der Waals surface area contributed by atoms with Crippen molar-refractivity contribution in [3.8, 4) is 5.75 Å². The smallest absolute Gasteiger partial charge is 0.410 e. The summed E-state index contributed by atoms with van der Waals surface area (Å²) in [4.78, 5) is 46.5. The van der Waals surface area contributed by atoms with Crippen LogP contribution < -0.4 is 19.9 Å². The van der Waals surface area contributed by atoms with Crippen molar-refractivity contribution in [3.05, 3.63) is 47.5 Å². The van der Waals surface area contributed by atoms with Crippen molar-refractivity contribution < 1.29 is 34.8 Å². The first kappa shape index (κ1) is 35.0. The zero-order valence-corrected chi connectivity index (χ0v) is 30.2. The van der Waals surface area contributed by atoms with Crippen LogP contribution in [-0.4, -0.2) is 85.7 Å². The van der Waals surface area contributed by atoms with Gasteiger partial charge in [0, 0.05) is 58.1 Å². The molecule has 49 heavy (non-hydrogen) atoms. The Morgan fingerprint density at radius 1 is 1.10 bits per heavy atom. The molecule has 11 heteroatoms. The highest BCUT2D eigenvalue weighted by molar-refractivity contribution is 6.03. The highest BCUT2D eigenvalue weighted by Crippen LogP contribution is 2.48. The van der Waals surface area contributed by atoms with Gasteiger partial charge in [0.15, 0.2) is 11.8 Å². The summed E-state index contributed by atoms with van der Waals surface area (Å²) in [6, 6.07) is 12.3. The van der Waals surface area contributed by atoms with Crippen LogP contribution in [0.4, 0.5) is 21.9 Å². The van der Waals surface area contributed by atoms with E-state index in [2.05, 4.69) is 10.2 Å². The molecule has 1 aliphatic carbocycles. The Morgan fingerprint density at radius 3 is 2.47 bits per heavy atom. The first-order valence-electron chi connectivity index (χ1n) is 17.6. The van der Waals surface area contributed by atoms with Gasteiger partial charge < -0.3 is 39.0 Å². The number of ether oxygens (including phenoxy) is 4. The second kappa shape index (κ2) is 13.5. The number of hydrogen-bond acceptors (Lipinski definition) is 8. The third-order valence-electron chi connectivity index (χ3n) is 9.80. The zero-order valence-electron chi connectivity index (χ0n) is 30.2. The number of piperidine rings is 1. The van der Waals surface area contributed by atoms with Crippen LogP contribution in [0.15, 0.2) is 36.4 Å². The molecule has 3 aliphatic heterocycles. The topological polar surface area (TPSA) is 113 Å². The maximum Gasteiger partial charge on any atom is 0.410 e. The number of nitrogens with one attached hydrogen (secondary N) is 1. The minimum absolute atomic E-state index is 0. The molecular weight excluding hydrogens is 624 g/mol. The van der Waals surface area contributed by atoms with E-state index in [0.29, 0.717) is 44.3 Å². The Labute approximate surface area is 291 Å². The van der Waals surface area contributed by atoms with Crippen molar-refractivity contribution in [3.63, 3.8) is 0 Å². The standard InChI is InChI=1S/C38H52N4O7.H2/c1-23-11-9-12-24(2)31(23)39-33(43)26-19-25(21-40(22-26)36(45)49-37(3,4)5)32-34(47-32)42(27-13-14-27)28-15-16-30-29(20-28)41(17-10-18-46-8)35(44)38(6,7)48-30;/h9,11-12,15-16,20,25-27,32,34H,10,13-14,17-19,21-22H2,1-8H3,(H,39,43);1H/t25-,26+,32?,34?;/m1./s1. The number of likely N-dealkylation sites (tertiary alicyclic amines) is 1. The van der Waals surface area contributed by atoms with Crippen molar-refractivity contribution in [1.29, 1.82) is 0 Å². The number of benzene rings is 2. The summed E-state index contributed by atoms with van der Waals surface area (Å²) in [7, 11) is 1.66. The summed E-state index contributed by atoms with van der Waals surface area (Å²) in [5.41, 5.74) is 2.88. The molecule has 1 N–H and O–H groups in total. The minimum Gasteiger partial charge on any atom is -0.476 e. The Balaban J connectivity index is 0.00000486. The van der Waals surface area contributed by atoms with E-state index in [-0.39, 0.29) is 38.0 Å². The monoisotopic (exact) mass is 678 g/mol. The number of para-hydroxylation sites is 1. The lowest BCUT2D eigenvalue weighted by molar-refractivity contribution is -0.132. The van der Waals surface area contributed by atoms with Gasteiger partial charge in [-0.1, -0.05) is 18.2 Å². The summed E-state index contributed by atoms with van der Waals surface area (Å²) in [5, 5.41) is 3.16. The SMILES string of the molecule is COCCCN1C(=O)C(C)(C)Oc2ccc(N(C3CC3)C3OC3[C@@H]3C[C@H](C(=O)Nc4c(C)cccc4C)CN(C(=O)OC(C)(C)C)C3)cc21.[HH]. The Bertz CT molecular complexity index is 1570. The fourth-order valence-electron chi connectivity index (χ4n) is 7.19. The van der Waals surface area contributed by atoms with E-state index >= 15 is 0 Å². The molecule has 0 spiro atoms. The first-order chi connectivity index (χ1) is 23.2. The molecule has 268 valence electrons. The number of anilines is 3. The molecule has 3 heterocycles. The Morgan fingerprint density at radius 2 is 1.82 bits per heavy atom. The predicted molar refractivity (Wildman–Crippen MR) is 190 cm³/mol. The van der Waals surface area contributed by atoms with Crippen molar-refractivity contribution in [2.75, 3.05) is 48.5 Å². The maximum absolute atomic E-state index is 13.8. The molecule has 2 unspecified atom stereocenters. The normalized spacial score (nSPS) is 24.5. The molecule has 3 amide bonds. The highest BCUT2D eigenvalue weighted by atomic mass is 16.6. The van der Waals surface area contributed by atoms with Crippen molar-refractivity contribution in [2.24, 2.45) is 11.8 Å². The number of carbonyl (C=O) groups is 3. The van der Waals surface area contributed by atoms with Crippen molar-refractivity contribution in [2.45, 2.75) is 104 Å². The van der Waals surface area contributed by atoms with Crippen LogP contribution in [0.1, 0.15) is 72.9 Å². The molecule has 0 aromatic heterocycles. The highest BCUT2D eigenvalue weighted by Gasteiger charge is 2.55. The van der Waals surface area contributed by atoms with Gasteiger partial charge in [0.1, 0.15) is 17.5 Å². The molecule has 0 bridgehead atoms. The second-order valence-electron chi connectivity index (χ2n) is 15.5. The number of amides is 3.